The van der Waals surface area contributed by atoms with Crippen molar-refractivity contribution in [2.24, 2.45) is 5.92 Å². The average Bonchev–Trinajstić information content (AvgIpc) is 3.09. The number of fused-ring (bicyclic) bond motifs is 2. The van der Waals surface area contributed by atoms with Gasteiger partial charge in [0.25, 0.3) is 0 Å². The summed E-state index contributed by atoms with van der Waals surface area (Å²) in [6, 6.07) is 0. The molecule has 3 aliphatic heterocycles. The molecule has 5 heteroatoms. The van der Waals surface area contributed by atoms with Crippen molar-refractivity contribution in [2.45, 2.75) is 44.2 Å². The lowest BCUT2D eigenvalue weighted by Crippen LogP contribution is -2.63. The molecule has 2 bridgehead atoms. The third kappa shape index (κ3) is 2.59. The molecule has 3 rings (SSSR count). The lowest BCUT2D eigenvalue weighted by atomic mass is 9.78. The molecule has 20 heavy (non-hydrogen) atoms. The molecule has 0 spiro atoms. The summed E-state index contributed by atoms with van der Waals surface area (Å²) in [5.41, 5.74) is -0.477. The van der Waals surface area contributed by atoms with E-state index in [1.54, 1.807) is 0 Å². The van der Waals surface area contributed by atoms with E-state index in [0.29, 0.717) is 12.5 Å². The van der Waals surface area contributed by atoms with Gasteiger partial charge in [-0.05, 0) is 39.2 Å². The average molecular weight is 282 g/mol. The van der Waals surface area contributed by atoms with Crippen molar-refractivity contribution in [2.75, 3.05) is 39.4 Å². The number of rotatable bonds is 5. The van der Waals surface area contributed by atoms with E-state index in [1.165, 1.54) is 0 Å². The fourth-order valence-electron chi connectivity index (χ4n) is 3.91. The predicted octanol–water partition coefficient (Wildman–Crippen LogP) is 0.783. The van der Waals surface area contributed by atoms with Gasteiger partial charge in [0, 0.05) is 32.2 Å². The van der Waals surface area contributed by atoms with Gasteiger partial charge in [-0.3, -0.25) is 10.1 Å². The number of hydrogen-bond donors (Lipinski definition) is 1. The molecule has 3 saturated heterocycles. The Bertz CT molecular complexity index is 357. The van der Waals surface area contributed by atoms with Crippen LogP contribution in [0.15, 0.2) is 0 Å². The maximum atomic E-state index is 12.6. The number of nitrogens with zero attached hydrogens (tertiary/aromatic N) is 1. The highest BCUT2D eigenvalue weighted by molar-refractivity contribution is 5.81. The van der Waals surface area contributed by atoms with Crippen LogP contribution >= 0.6 is 0 Å². The molecule has 5 nitrogen and oxygen atoms in total. The Balaban J connectivity index is 1.70. The summed E-state index contributed by atoms with van der Waals surface area (Å²) < 4.78 is 11.1. The molecule has 0 saturated carbocycles. The first-order valence-electron chi connectivity index (χ1n) is 8.01. The van der Waals surface area contributed by atoms with Crippen LogP contribution in [0.1, 0.15) is 32.6 Å². The number of nitrogens with one attached hydrogen (secondary N) is 1. The van der Waals surface area contributed by atoms with Crippen molar-refractivity contribution in [1.82, 2.24) is 10.2 Å². The van der Waals surface area contributed by atoms with Crippen LogP contribution in [0.4, 0.5) is 0 Å². The summed E-state index contributed by atoms with van der Waals surface area (Å²) in [6.45, 7) is 7.11. The molecule has 0 aromatic carbocycles. The van der Waals surface area contributed by atoms with Crippen LogP contribution in [0.2, 0.25) is 0 Å². The number of esters is 1. The van der Waals surface area contributed by atoms with Crippen molar-refractivity contribution >= 4 is 5.97 Å². The Morgan fingerprint density at radius 3 is 3.10 bits per heavy atom. The predicted molar refractivity (Wildman–Crippen MR) is 75.5 cm³/mol. The maximum absolute atomic E-state index is 12.6. The minimum atomic E-state index is -0.477. The summed E-state index contributed by atoms with van der Waals surface area (Å²) in [7, 11) is 0. The zero-order chi connectivity index (χ0) is 14.0. The van der Waals surface area contributed by atoms with Crippen molar-refractivity contribution in [1.29, 1.82) is 0 Å². The smallest absolute Gasteiger partial charge is 0.326 e. The molecule has 3 aliphatic rings. The maximum Gasteiger partial charge on any atom is 0.326 e. The first-order chi connectivity index (χ1) is 9.74. The van der Waals surface area contributed by atoms with E-state index < -0.39 is 5.54 Å². The van der Waals surface area contributed by atoms with E-state index in [4.69, 9.17) is 9.47 Å². The molecule has 3 heterocycles. The van der Waals surface area contributed by atoms with E-state index >= 15 is 0 Å². The van der Waals surface area contributed by atoms with E-state index in [-0.39, 0.29) is 12.1 Å². The Labute approximate surface area is 121 Å². The third-order valence-corrected chi connectivity index (χ3v) is 5.10. The second-order valence-corrected chi connectivity index (χ2v) is 6.24. The van der Waals surface area contributed by atoms with Crippen LogP contribution in [0, 0.1) is 5.92 Å². The molecule has 3 fully saturated rings. The summed E-state index contributed by atoms with van der Waals surface area (Å²) in [4.78, 5) is 15.0. The molecule has 0 aromatic rings. The number of ether oxygens (including phenoxy) is 2. The summed E-state index contributed by atoms with van der Waals surface area (Å²) in [5, 5.41) is 3.56. The monoisotopic (exact) mass is 282 g/mol. The SMILES string of the molecule is CCOC(=O)C1(NCC2CCCO2)CCN2CCC1C2. The highest BCUT2D eigenvalue weighted by atomic mass is 16.5. The van der Waals surface area contributed by atoms with Crippen LogP contribution in [0.5, 0.6) is 0 Å². The Hall–Kier alpha value is -0.650. The molecule has 4 unspecified atom stereocenters. The Kier molecular flexibility index (Phi) is 4.29. The highest BCUT2D eigenvalue weighted by Crippen LogP contribution is 2.36. The highest BCUT2D eigenvalue weighted by Gasteiger charge is 2.52. The molecule has 114 valence electrons. The van der Waals surface area contributed by atoms with Gasteiger partial charge in [-0.1, -0.05) is 0 Å². The molecule has 0 radical (unpaired) electrons. The van der Waals surface area contributed by atoms with Gasteiger partial charge < -0.3 is 14.4 Å². The minimum Gasteiger partial charge on any atom is -0.465 e. The molecular formula is C15H26N2O3. The molecule has 4 atom stereocenters. The third-order valence-electron chi connectivity index (χ3n) is 5.10. The Morgan fingerprint density at radius 1 is 1.45 bits per heavy atom. The van der Waals surface area contributed by atoms with E-state index in [1.807, 2.05) is 6.92 Å². The molecule has 0 amide bonds. The van der Waals surface area contributed by atoms with E-state index in [9.17, 15) is 4.79 Å². The van der Waals surface area contributed by atoms with Gasteiger partial charge >= 0.3 is 5.97 Å². The first-order valence-corrected chi connectivity index (χ1v) is 8.01. The van der Waals surface area contributed by atoms with Gasteiger partial charge in [0.15, 0.2) is 0 Å². The van der Waals surface area contributed by atoms with E-state index in [0.717, 1.165) is 58.5 Å². The molecule has 0 aromatic heterocycles. The molecule has 1 N–H and O–H groups in total. The van der Waals surface area contributed by atoms with Crippen LogP contribution in [0.3, 0.4) is 0 Å². The van der Waals surface area contributed by atoms with Gasteiger partial charge in [0.2, 0.25) is 0 Å². The van der Waals surface area contributed by atoms with Crippen molar-refractivity contribution < 1.29 is 14.3 Å². The van der Waals surface area contributed by atoms with Gasteiger partial charge in [-0.25, -0.2) is 0 Å². The number of carbonyl (C=O) groups is 1. The summed E-state index contributed by atoms with van der Waals surface area (Å²) in [6.07, 6.45) is 4.46. The number of hydrogen-bond acceptors (Lipinski definition) is 5. The lowest BCUT2D eigenvalue weighted by molar-refractivity contribution is -0.155. The van der Waals surface area contributed by atoms with Gasteiger partial charge in [0.05, 0.1) is 12.7 Å². The van der Waals surface area contributed by atoms with Crippen molar-refractivity contribution in [3.8, 4) is 0 Å². The first kappa shape index (κ1) is 14.3. The topological polar surface area (TPSA) is 50.8 Å². The normalized spacial score (nSPS) is 40.0. The Morgan fingerprint density at radius 2 is 2.35 bits per heavy atom. The zero-order valence-corrected chi connectivity index (χ0v) is 12.4. The zero-order valence-electron chi connectivity index (χ0n) is 12.4. The molecular weight excluding hydrogens is 256 g/mol. The van der Waals surface area contributed by atoms with Crippen molar-refractivity contribution in [3.63, 3.8) is 0 Å². The second kappa shape index (κ2) is 6.00. The van der Waals surface area contributed by atoms with Gasteiger partial charge in [-0.15, -0.1) is 0 Å². The summed E-state index contributed by atoms with van der Waals surface area (Å²) in [5.74, 6) is 0.334. The lowest BCUT2D eigenvalue weighted by Gasteiger charge is -2.42. The summed E-state index contributed by atoms with van der Waals surface area (Å²) >= 11 is 0. The van der Waals surface area contributed by atoms with Crippen LogP contribution in [-0.4, -0.2) is 61.9 Å². The van der Waals surface area contributed by atoms with Crippen molar-refractivity contribution in [3.05, 3.63) is 0 Å². The second-order valence-electron chi connectivity index (χ2n) is 6.24. The number of piperidine rings is 1. The largest absolute Gasteiger partial charge is 0.465 e. The van der Waals surface area contributed by atoms with Crippen LogP contribution in [0.25, 0.3) is 0 Å². The molecule has 0 aliphatic carbocycles. The number of carbonyl (C=O) groups excluding carboxylic acids is 1. The fourth-order valence-corrected chi connectivity index (χ4v) is 3.91. The van der Waals surface area contributed by atoms with Crippen LogP contribution in [-0.2, 0) is 14.3 Å². The van der Waals surface area contributed by atoms with Gasteiger partial charge in [-0.2, -0.15) is 0 Å². The quantitative estimate of drug-likeness (QED) is 0.755. The fraction of sp³-hybridized carbons (Fsp3) is 0.933. The standard InChI is InChI=1S/C15H26N2O3/c1-2-19-14(18)15(16-10-13-4-3-9-20-13)6-8-17-7-5-12(15)11-17/h12-13,16H,2-11H2,1H3. The van der Waals surface area contributed by atoms with Gasteiger partial charge in [0.1, 0.15) is 5.54 Å². The minimum absolute atomic E-state index is 0.0513. The van der Waals surface area contributed by atoms with Crippen LogP contribution < -0.4 is 5.32 Å². The van der Waals surface area contributed by atoms with E-state index in [2.05, 4.69) is 10.2 Å².